The Bertz CT molecular complexity index is 900. The van der Waals surface area contributed by atoms with Gasteiger partial charge in [-0.25, -0.2) is 9.38 Å². The summed E-state index contributed by atoms with van der Waals surface area (Å²) in [5.41, 5.74) is 2.76. The van der Waals surface area contributed by atoms with E-state index in [1.165, 1.54) is 12.1 Å². The van der Waals surface area contributed by atoms with Crippen molar-refractivity contribution in [3.8, 4) is 11.3 Å². The van der Waals surface area contributed by atoms with E-state index in [1.54, 1.807) is 30.6 Å². The molecule has 3 rings (SSSR count). The highest BCUT2D eigenvalue weighted by Crippen LogP contribution is 2.24. The van der Waals surface area contributed by atoms with Gasteiger partial charge in [-0.05, 0) is 61.0 Å². The van der Waals surface area contributed by atoms with Crippen LogP contribution in [0, 0.1) is 5.82 Å². The van der Waals surface area contributed by atoms with Gasteiger partial charge in [-0.3, -0.25) is 0 Å². The van der Waals surface area contributed by atoms with Crippen molar-refractivity contribution in [3.05, 3.63) is 69.6 Å². The Kier molecular flexibility index (Phi) is 5.68. The molecule has 2 aromatic carbocycles. The second kappa shape index (κ2) is 7.95. The molecular weight excluding hydrogens is 359 g/mol. The maximum atomic E-state index is 13.3. The van der Waals surface area contributed by atoms with Gasteiger partial charge < -0.3 is 9.30 Å². The molecule has 0 N–H and O–H groups in total. The van der Waals surface area contributed by atoms with E-state index in [2.05, 4.69) is 11.5 Å². The Balaban J connectivity index is 2.12. The molecule has 0 saturated heterocycles. The second-order valence-corrected chi connectivity index (χ2v) is 6.95. The van der Waals surface area contributed by atoms with Crippen LogP contribution >= 0.6 is 22.9 Å². The Morgan fingerprint density at radius 1 is 1.16 bits per heavy atom. The SMILES string of the molecule is COC[C@H](C)n1c(-c2ccc(F)cc2)csc1=Nc1ccc(Cl)cc1. The molecule has 3 aromatic rings. The fourth-order valence-electron chi connectivity index (χ4n) is 2.60. The molecule has 0 aliphatic rings. The highest BCUT2D eigenvalue weighted by Gasteiger charge is 2.14. The maximum Gasteiger partial charge on any atom is 0.190 e. The van der Waals surface area contributed by atoms with Crippen molar-refractivity contribution in [1.82, 2.24) is 4.57 Å². The van der Waals surface area contributed by atoms with E-state index in [1.807, 2.05) is 29.6 Å². The number of hydrogen-bond acceptors (Lipinski definition) is 3. The predicted molar refractivity (Wildman–Crippen MR) is 101 cm³/mol. The molecule has 0 amide bonds. The smallest absolute Gasteiger partial charge is 0.190 e. The zero-order valence-electron chi connectivity index (χ0n) is 13.9. The lowest BCUT2D eigenvalue weighted by molar-refractivity contribution is 0.162. The predicted octanol–water partition coefficient (Wildman–Crippen LogP) is 5.45. The molecule has 0 saturated carbocycles. The van der Waals surface area contributed by atoms with Gasteiger partial charge in [-0.1, -0.05) is 11.6 Å². The molecule has 0 aliphatic carbocycles. The van der Waals surface area contributed by atoms with E-state index < -0.39 is 0 Å². The van der Waals surface area contributed by atoms with Crippen molar-refractivity contribution in [3.63, 3.8) is 0 Å². The highest BCUT2D eigenvalue weighted by atomic mass is 35.5. The van der Waals surface area contributed by atoms with Crippen LogP contribution in [0.2, 0.25) is 5.02 Å². The van der Waals surface area contributed by atoms with Gasteiger partial charge in [0.15, 0.2) is 4.80 Å². The van der Waals surface area contributed by atoms with Crippen LogP contribution in [0.1, 0.15) is 13.0 Å². The lowest BCUT2D eigenvalue weighted by Gasteiger charge is -2.16. The Labute approximate surface area is 155 Å². The average Bonchev–Trinajstić information content (AvgIpc) is 3.01. The number of ether oxygens (including phenoxy) is 1. The highest BCUT2D eigenvalue weighted by molar-refractivity contribution is 7.07. The molecule has 1 heterocycles. The van der Waals surface area contributed by atoms with Crippen LogP contribution in [-0.4, -0.2) is 18.3 Å². The van der Waals surface area contributed by atoms with Gasteiger partial charge in [0.2, 0.25) is 0 Å². The average molecular weight is 377 g/mol. The van der Waals surface area contributed by atoms with E-state index in [0.29, 0.717) is 11.6 Å². The number of aromatic nitrogens is 1. The van der Waals surface area contributed by atoms with E-state index in [0.717, 1.165) is 21.7 Å². The van der Waals surface area contributed by atoms with Crippen LogP contribution in [0.25, 0.3) is 11.3 Å². The standard InChI is InChI=1S/C19H18ClFN2OS/c1-13(11-24-2)23-18(14-3-7-16(21)8-4-14)12-25-19(23)22-17-9-5-15(20)6-10-17/h3-10,12-13H,11H2,1-2H3/t13-/m0/s1. The summed E-state index contributed by atoms with van der Waals surface area (Å²) >= 11 is 7.49. The summed E-state index contributed by atoms with van der Waals surface area (Å²) in [6.07, 6.45) is 0. The lowest BCUT2D eigenvalue weighted by atomic mass is 10.1. The summed E-state index contributed by atoms with van der Waals surface area (Å²) in [4.78, 5) is 5.60. The summed E-state index contributed by atoms with van der Waals surface area (Å²) in [5.74, 6) is -0.249. The van der Waals surface area contributed by atoms with Crippen LogP contribution in [0.5, 0.6) is 0 Å². The molecule has 6 heteroatoms. The zero-order chi connectivity index (χ0) is 17.8. The molecule has 0 radical (unpaired) electrons. The van der Waals surface area contributed by atoms with Crippen LogP contribution < -0.4 is 4.80 Å². The Morgan fingerprint density at radius 3 is 2.48 bits per heavy atom. The number of nitrogens with zero attached hydrogens (tertiary/aromatic N) is 2. The quantitative estimate of drug-likeness (QED) is 0.581. The molecule has 25 heavy (non-hydrogen) atoms. The van der Waals surface area contributed by atoms with E-state index in [4.69, 9.17) is 21.3 Å². The maximum absolute atomic E-state index is 13.3. The number of halogens is 2. The van der Waals surface area contributed by atoms with Gasteiger partial charge >= 0.3 is 0 Å². The Hall–Kier alpha value is -1.95. The first-order chi connectivity index (χ1) is 12.1. The van der Waals surface area contributed by atoms with Crippen molar-refractivity contribution in [2.75, 3.05) is 13.7 Å². The second-order valence-electron chi connectivity index (χ2n) is 5.67. The van der Waals surface area contributed by atoms with Gasteiger partial charge in [0.25, 0.3) is 0 Å². The summed E-state index contributed by atoms with van der Waals surface area (Å²) < 4.78 is 20.7. The number of benzene rings is 2. The van der Waals surface area contributed by atoms with Gasteiger partial charge in [0, 0.05) is 17.5 Å². The molecular formula is C19H18ClFN2OS. The number of thiazole rings is 1. The van der Waals surface area contributed by atoms with Crippen LogP contribution in [-0.2, 0) is 4.74 Å². The van der Waals surface area contributed by atoms with Gasteiger partial charge in [-0.2, -0.15) is 0 Å². The molecule has 1 atom stereocenters. The van der Waals surface area contributed by atoms with Crippen molar-refractivity contribution < 1.29 is 9.13 Å². The minimum atomic E-state index is -0.249. The molecule has 0 spiro atoms. The lowest BCUT2D eigenvalue weighted by Crippen LogP contribution is -2.22. The van der Waals surface area contributed by atoms with Crippen molar-refractivity contribution in [1.29, 1.82) is 0 Å². The fraction of sp³-hybridized carbons (Fsp3) is 0.211. The van der Waals surface area contributed by atoms with E-state index in [-0.39, 0.29) is 11.9 Å². The summed E-state index contributed by atoms with van der Waals surface area (Å²) in [5, 5.41) is 2.71. The first-order valence-corrected chi connectivity index (χ1v) is 9.09. The minimum Gasteiger partial charge on any atom is -0.383 e. The summed E-state index contributed by atoms with van der Waals surface area (Å²) in [6.45, 7) is 2.63. The molecule has 3 nitrogen and oxygen atoms in total. The fourth-order valence-corrected chi connectivity index (χ4v) is 3.74. The molecule has 0 bridgehead atoms. The summed E-state index contributed by atoms with van der Waals surface area (Å²) in [7, 11) is 1.68. The molecule has 1 aromatic heterocycles. The van der Waals surface area contributed by atoms with Crippen LogP contribution in [0.4, 0.5) is 10.1 Å². The first-order valence-electron chi connectivity index (χ1n) is 7.83. The third-order valence-corrected chi connectivity index (χ3v) is 4.87. The van der Waals surface area contributed by atoms with Crippen molar-refractivity contribution in [2.45, 2.75) is 13.0 Å². The van der Waals surface area contributed by atoms with Crippen LogP contribution in [0.3, 0.4) is 0 Å². The normalized spacial score (nSPS) is 13.2. The third-order valence-electron chi connectivity index (χ3n) is 3.78. The van der Waals surface area contributed by atoms with Gasteiger partial charge in [0.1, 0.15) is 5.82 Å². The van der Waals surface area contributed by atoms with Crippen molar-refractivity contribution >= 4 is 28.6 Å². The van der Waals surface area contributed by atoms with Crippen molar-refractivity contribution in [2.24, 2.45) is 4.99 Å². The number of methoxy groups -OCH3 is 1. The first kappa shape index (κ1) is 17.9. The third kappa shape index (κ3) is 4.18. The molecule has 0 fully saturated rings. The molecule has 0 aliphatic heterocycles. The molecule has 130 valence electrons. The van der Waals surface area contributed by atoms with Gasteiger partial charge in [-0.15, -0.1) is 11.3 Å². The summed E-state index contributed by atoms with van der Waals surface area (Å²) in [6, 6.07) is 14.0. The van der Waals surface area contributed by atoms with E-state index in [9.17, 15) is 4.39 Å². The zero-order valence-corrected chi connectivity index (χ0v) is 15.5. The largest absolute Gasteiger partial charge is 0.383 e. The number of hydrogen-bond donors (Lipinski definition) is 0. The van der Waals surface area contributed by atoms with Gasteiger partial charge in [0.05, 0.1) is 24.0 Å². The number of rotatable bonds is 5. The monoisotopic (exact) mass is 376 g/mol. The Morgan fingerprint density at radius 2 is 1.84 bits per heavy atom. The van der Waals surface area contributed by atoms with E-state index >= 15 is 0 Å². The topological polar surface area (TPSA) is 26.5 Å². The molecule has 0 unspecified atom stereocenters. The minimum absolute atomic E-state index is 0.0855. The van der Waals surface area contributed by atoms with Crippen LogP contribution in [0.15, 0.2) is 58.9 Å².